The fraction of sp³-hybridized carbons (Fsp3) is 0.895. The van der Waals surface area contributed by atoms with Crippen LogP contribution in [0, 0.1) is 29.1 Å². The summed E-state index contributed by atoms with van der Waals surface area (Å²) >= 11 is 0. The van der Waals surface area contributed by atoms with E-state index in [1.807, 2.05) is 5.57 Å². The first-order valence-corrected chi connectivity index (χ1v) is 8.96. The molecule has 0 aromatic heterocycles. The molecule has 0 aromatic rings. The van der Waals surface area contributed by atoms with E-state index < -0.39 is 0 Å². The van der Waals surface area contributed by atoms with E-state index in [1.165, 1.54) is 44.9 Å². The Kier molecular flexibility index (Phi) is 3.07. The van der Waals surface area contributed by atoms with Gasteiger partial charge in [-0.1, -0.05) is 18.1 Å². The molecule has 0 bridgehead atoms. The number of aliphatic hydroxyl groups is 1. The van der Waals surface area contributed by atoms with Gasteiger partial charge in [0.05, 0.1) is 6.10 Å². The van der Waals surface area contributed by atoms with Gasteiger partial charge < -0.3 is 5.11 Å². The molecular weight excluding hydrogens is 244 g/mol. The molecule has 0 aromatic carbocycles. The monoisotopic (exact) mass is 274 g/mol. The average molecular weight is 274 g/mol. The van der Waals surface area contributed by atoms with Gasteiger partial charge in [-0.25, -0.2) is 0 Å². The Hall–Kier alpha value is -0.300. The molecule has 4 aliphatic carbocycles. The Balaban J connectivity index is 1.63. The summed E-state index contributed by atoms with van der Waals surface area (Å²) in [5.74, 6) is 3.68. The molecule has 2 unspecified atom stereocenters. The second kappa shape index (κ2) is 4.60. The third-order valence-electron chi connectivity index (χ3n) is 7.79. The van der Waals surface area contributed by atoms with Crippen molar-refractivity contribution in [3.63, 3.8) is 0 Å². The lowest BCUT2D eigenvalue weighted by Crippen LogP contribution is -2.50. The van der Waals surface area contributed by atoms with Crippen LogP contribution in [0.3, 0.4) is 0 Å². The second-order valence-electron chi connectivity index (χ2n) is 8.47. The maximum absolute atomic E-state index is 10.0. The molecule has 4 aliphatic rings. The van der Waals surface area contributed by atoms with Crippen LogP contribution in [0.15, 0.2) is 11.1 Å². The SMILES string of the molecule is CC1=C2CC[C@H]3[C@@H](CCC4CC(O)CC[C@@]43C)[C@@H]2CC1. The van der Waals surface area contributed by atoms with Crippen molar-refractivity contribution in [2.24, 2.45) is 29.1 Å². The van der Waals surface area contributed by atoms with Crippen LogP contribution < -0.4 is 0 Å². The highest BCUT2D eigenvalue weighted by molar-refractivity contribution is 5.25. The minimum absolute atomic E-state index is 0.00241. The first-order chi connectivity index (χ1) is 9.59. The molecule has 0 spiro atoms. The quantitative estimate of drug-likeness (QED) is 0.635. The first kappa shape index (κ1) is 13.4. The summed E-state index contributed by atoms with van der Waals surface area (Å²) in [6.45, 7) is 4.97. The van der Waals surface area contributed by atoms with E-state index in [2.05, 4.69) is 13.8 Å². The third kappa shape index (κ3) is 1.78. The van der Waals surface area contributed by atoms with Crippen LogP contribution in [0.25, 0.3) is 0 Å². The highest BCUT2D eigenvalue weighted by Crippen LogP contribution is 2.62. The molecular formula is C19H30O. The largest absolute Gasteiger partial charge is 0.393 e. The van der Waals surface area contributed by atoms with Gasteiger partial charge in [0.1, 0.15) is 0 Å². The van der Waals surface area contributed by atoms with Crippen molar-refractivity contribution in [3.05, 3.63) is 11.1 Å². The van der Waals surface area contributed by atoms with Crippen molar-refractivity contribution in [1.29, 1.82) is 0 Å². The molecule has 112 valence electrons. The number of hydrogen-bond donors (Lipinski definition) is 1. The van der Waals surface area contributed by atoms with E-state index in [9.17, 15) is 5.11 Å². The van der Waals surface area contributed by atoms with Gasteiger partial charge in [-0.15, -0.1) is 0 Å². The van der Waals surface area contributed by atoms with Crippen molar-refractivity contribution < 1.29 is 5.11 Å². The Morgan fingerprint density at radius 3 is 2.75 bits per heavy atom. The highest BCUT2D eigenvalue weighted by atomic mass is 16.3. The Morgan fingerprint density at radius 1 is 1.05 bits per heavy atom. The van der Waals surface area contributed by atoms with Crippen LogP contribution in [-0.2, 0) is 0 Å². The van der Waals surface area contributed by atoms with Crippen LogP contribution in [0.2, 0.25) is 0 Å². The molecule has 1 nitrogen and oxygen atoms in total. The Morgan fingerprint density at radius 2 is 1.90 bits per heavy atom. The molecule has 0 heterocycles. The summed E-state index contributed by atoms with van der Waals surface area (Å²) in [7, 11) is 0. The molecule has 6 atom stereocenters. The van der Waals surface area contributed by atoms with Crippen LogP contribution in [0.4, 0.5) is 0 Å². The fourth-order valence-corrected chi connectivity index (χ4v) is 6.65. The maximum atomic E-state index is 10.0. The lowest BCUT2D eigenvalue weighted by molar-refractivity contribution is -0.0897. The average Bonchev–Trinajstić information content (AvgIpc) is 2.82. The molecule has 3 fully saturated rings. The van der Waals surface area contributed by atoms with Crippen molar-refractivity contribution in [1.82, 2.24) is 0 Å². The Labute approximate surface area is 123 Å². The number of aliphatic hydroxyl groups excluding tert-OH is 1. The van der Waals surface area contributed by atoms with Crippen LogP contribution in [-0.4, -0.2) is 11.2 Å². The number of fused-ring (bicyclic) bond motifs is 5. The standard InChI is InChI=1S/C19H30O/c1-12-3-5-16-15(12)7-8-18-17(16)6-4-13-11-14(20)9-10-19(13,18)2/h13-14,16-18,20H,3-11H2,1-2H3/t13?,14?,16-,17+,18+,19+/m1/s1. The van der Waals surface area contributed by atoms with Crippen molar-refractivity contribution in [3.8, 4) is 0 Å². The number of hydrogen-bond acceptors (Lipinski definition) is 1. The normalized spacial score (nSPS) is 51.5. The molecule has 4 rings (SSSR count). The van der Waals surface area contributed by atoms with Crippen LogP contribution >= 0.6 is 0 Å². The van der Waals surface area contributed by atoms with Crippen molar-refractivity contribution in [2.75, 3.05) is 0 Å². The van der Waals surface area contributed by atoms with Gasteiger partial charge in [0.25, 0.3) is 0 Å². The molecule has 1 heteroatoms. The zero-order valence-corrected chi connectivity index (χ0v) is 13.2. The molecule has 0 radical (unpaired) electrons. The van der Waals surface area contributed by atoms with E-state index in [1.54, 1.807) is 5.57 Å². The van der Waals surface area contributed by atoms with Gasteiger partial charge >= 0.3 is 0 Å². The summed E-state index contributed by atoms with van der Waals surface area (Å²) in [4.78, 5) is 0. The molecule has 3 saturated carbocycles. The predicted molar refractivity (Wildman–Crippen MR) is 82.3 cm³/mol. The lowest BCUT2D eigenvalue weighted by Gasteiger charge is -2.58. The fourth-order valence-electron chi connectivity index (χ4n) is 6.65. The number of allylic oxidation sites excluding steroid dienone is 2. The van der Waals surface area contributed by atoms with Gasteiger partial charge in [0.2, 0.25) is 0 Å². The minimum atomic E-state index is -0.00241. The predicted octanol–water partition coefficient (Wildman–Crippen LogP) is 4.70. The summed E-state index contributed by atoms with van der Waals surface area (Å²) in [5, 5.41) is 10.0. The van der Waals surface area contributed by atoms with E-state index in [0.29, 0.717) is 5.41 Å². The highest BCUT2D eigenvalue weighted by Gasteiger charge is 2.54. The first-order valence-electron chi connectivity index (χ1n) is 8.96. The zero-order chi connectivity index (χ0) is 13.9. The topological polar surface area (TPSA) is 20.2 Å². The lowest BCUT2D eigenvalue weighted by atomic mass is 9.47. The van der Waals surface area contributed by atoms with Gasteiger partial charge in [-0.05, 0) is 93.8 Å². The summed E-state index contributed by atoms with van der Waals surface area (Å²) in [5.41, 5.74) is 4.15. The summed E-state index contributed by atoms with van der Waals surface area (Å²) in [6.07, 6.45) is 11.9. The Bertz CT molecular complexity index is 437. The van der Waals surface area contributed by atoms with E-state index in [-0.39, 0.29) is 6.10 Å². The van der Waals surface area contributed by atoms with Gasteiger partial charge in [-0.2, -0.15) is 0 Å². The molecule has 0 aliphatic heterocycles. The second-order valence-corrected chi connectivity index (χ2v) is 8.47. The molecule has 1 N–H and O–H groups in total. The summed E-state index contributed by atoms with van der Waals surface area (Å²) < 4.78 is 0. The summed E-state index contributed by atoms with van der Waals surface area (Å²) in [6, 6.07) is 0. The van der Waals surface area contributed by atoms with E-state index >= 15 is 0 Å². The minimum Gasteiger partial charge on any atom is -0.393 e. The maximum Gasteiger partial charge on any atom is 0.0543 e. The zero-order valence-electron chi connectivity index (χ0n) is 13.2. The smallest absolute Gasteiger partial charge is 0.0543 e. The van der Waals surface area contributed by atoms with Crippen molar-refractivity contribution in [2.45, 2.75) is 77.7 Å². The molecule has 0 saturated heterocycles. The van der Waals surface area contributed by atoms with Crippen LogP contribution in [0.1, 0.15) is 71.6 Å². The molecule has 0 amide bonds. The molecule has 20 heavy (non-hydrogen) atoms. The van der Waals surface area contributed by atoms with Crippen molar-refractivity contribution >= 4 is 0 Å². The van der Waals surface area contributed by atoms with Crippen LogP contribution in [0.5, 0.6) is 0 Å². The number of rotatable bonds is 0. The third-order valence-corrected chi connectivity index (χ3v) is 7.79. The van der Waals surface area contributed by atoms with Gasteiger partial charge in [0, 0.05) is 0 Å². The van der Waals surface area contributed by atoms with E-state index in [0.717, 1.165) is 36.5 Å². The van der Waals surface area contributed by atoms with E-state index in [4.69, 9.17) is 0 Å². The van der Waals surface area contributed by atoms with Gasteiger partial charge in [-0.3, -0.25) is 0 Å². The van der Waals surface area contributed by atoms with Gasteiger partial charge in [0.15, 0.2) is 0 Å².